The van der Waals surface area contributed by atoms with Crippen LogP contribution in [0.1, 0.15) is 35.8 Å². The predicted octanol–water partition coefficient (Wildman–Crippen LogP) is 3.65. The fourth-order valence-corrected chi connectivity index (χ4v) is 3.56. The first-order chi connectivity index (χ1) is 14.8. The molecule has 3 rings (SSSR count). The summed E-state index contributed by atoms with van der Waals surface area (Å²) >= 11 is 5.42. The summed E-state index contributed by atoms with van der Waals surface area (Å²) in [6, 6.07) is 13.7. The summed E-state index contributed by atoms with van der Waals surface area (Å²) in [5.74, 6) is 0.0278. The van der Waals surface area contributed by atoms with Crippen LogP contribution in [0.3, 0.4) is 0 Å². The van der Waals surface area contributed by atoms with Gasteiger partial charge in [-0.2, -0.15) is 0 Å². The standard InChI is InChI=1S/C23H25N3O4S/c1-5-30-22(28)19-14(2)26(3)23(31)25-20(19)16-7-6-8-17(13-16)24-21(27)15-9-11-18(29-4)12-10-15/h6-13,20H,5H2,1-4H3,(H,24,27)(H,25,31). The first-order valence-corrected chi connectivity index (χ1v) is 10.2. The van der Waals surface area contributed by atoms with Crippen molar-refractivity contribution in [2.75, 3.05) is 26.1 Å². The second kappa shape index (κ2) is 9.61. The summed E-state index contributed by atoms with van der Waals surface area (Å²) in [6.45, 7) is 3.87. The van der Waals surface area contributed by atoms with Crippen LogP contribution >= 0.6 is 12.2 Å². The lowest BCUT2D eigenvalue weighted by Gasteiger charge is -2.35. The van der Waals surface area contributed by atoms with Crippen molar-refractivity contribution in [1.82, 2.24) is 10.2 Å². The third kappa shape index (κ3) is 4.86. The zero-order valence-electron chi connectivity index (χ0n) is 17.9. The molecule has 0 saturated carbocycles. The molecule has 0 aromatic heterocycles. The molecule has 8 heteroatoms. The maximum atomic E-state index is 12.7. The van der Waals surface area contributed by atoms with Gasteiger partial charge in [-0.25, -0.2) is 4.79 Å². The highest BCUT2D eigenvalue weighted by Gasteiger charge is 2.33. The first kappa shape index (κ1) is 22.3. The zero-order valence-corrected chi connectivity index (χ0v) is 18.7. The zero-order chi connectivity index (χ0) is 22.5. The summed E-state index contributed by atoms with van der Waals surface area (Å²) in [7, 11) is 3.37. The highest BCUT2D eigenvalue weighted by molar-refractivity contribution is 7.80. The van der Waals surface area contributed by atoms with Crippen molar-refractivity contribution in [2.45, 2.75) is 19.9 Å². The van der Waals surface area contributed by atoms with Crippen molar-refractivity contribution < 1.29 is 19.1 Å². The number of allylic oxidation sites excluding steroid dienone is 1. The van der Waals surface area contributed by atoms with E-state index in [2.05, 4.69) is 10.6 Å². The van der Waals surface area contributed by atoms with Gasteiger partial charge in [0.1, 0.15) is 5.75 Å². The molecule has 31 heavy (non-hydrogen) atoms. The lowest BCUT2D eigenvalue weighted by atomic mass is 9.95. The number of benzene rings is 2. The number of esters is 1. The highest BCUT2D eigenvalue weighted by Crippen LogP contribution is 2.32. The molecule has 7 nitrogen and oxygen atoms in total. The quantitative estimate of drug-likeness (QED) is 0.525. The van der Waals surface area contributed by atoms with Gasteiger partial charge in [0.25, 0.3) is 5.91 Å². The van der Waals surface area contributed by atoms with Crippen molar-refractivity contribution in [3.05, 3.63) is 70.9 Å². The molecule has 2 aromatic rings. The van der Waals surface area contributed by atoms with Crippen molar-refractivity contribution in [1.29, 1.82) is 0 Å². The maximum absolute atomic E-state index is 12.7. The summed E-state index contributed by atoms with van der Waals surface area (Å²) in [4.78, 5) is 27.0. The van der Waals surface area contributed by atoms with Gasteiger partial charge in [0, 0.05) is 24.0 Å². The molecule has 0 aliphatic carbocycles. The topological polar surface area (TPSA) is 79.9 Å². The molecule has 1 atom stereocenters. The molecule has 0 spiro atoms. The molecular weight excluding hydrogens is 414 g/mol. The molecule has 1 heterocycles. The number of rotatable bonds is 6. The number of carbonyl (C=O) groups excluding carboxylic acids is 2. The number of hydrogen-bond acceptors (Lipinski definition) is 5. The van der Waals surface area contributed by atoms with Crippen LogP contribution in [-0.2, 0) is 9.53 Å². The number of carbonyl (C=O) groups is 2. The third-order valence-corrected chi connectivity index (χ3v) is 5.47. The molecule has 1 unspecified atom stereocenters. The van der Waals surface area contributed by atoms with Crippen LogP contribution in [0.4, 0.5) is 5.69 Å². The molecule has 1 amide bonds. The monoisotopic (exact) mass is 439 g/mol. The molecular formula is C23H25N3O4S. The Balaban J connectivity index is 1.89. The highest BCUT2D eigenvalue weighted by atomic mass is 32.1. The van der Waals surface area contributed by atoms with Crippen LogP contribution in [0.2, 0.25) is 0 Å². The van der Waals surface area contributed by atoms with E-state index in [0.29, 0.717) is 27.7 Å². The number of nitrogens with zero attached hydrogens (tertiary/aromatic N) is 1. The number of amides is 1. The molecule has 0 bridgehead atoms. The molecule has 0 fully saturated rings. The number of hydrogen-bond donors (Lipinski definition) is 2. The Morgan fingerprint density at radius 3 is 2.55 bits per heavy atom. The lowest BCUT2D eigenvalue weighted by molar-refractivity contribution is -0.139. The van der Waals surface area contributed by atoms with E-state index in [1.54, 1.807) is 56.3 Å². The van der Waals surface area contributed by atoms with Crippen LogP contribution < -0.4 is 15.4 Å². The van der Waals surface area contributed by atoms with E-state index in [1.807, 2.05) is 25.1 Å². The van der Waals surface area contributed by atoms with Gasteiger partial charge in [-0.3, -0.25) is 4.79 Å². The normalized spacial score (nSPS) is 15.9. The summed E-state index contributed by atoms with van der Waals surface area (Å²) in [6.07, 6.45) is 0. The molecule has 1 aliphatic rings. The fraction of sp³-hybridized carbons (Fsp3) is 0.261. The van der Waals surface area contributed by atoms with Crippen LogP contribution in [0.15, 0.2) is 59.8 Å². The van der Waals surface area contributed by atoms with Gasteiger partial charge < -0.3 is 25.0 Å². The minimum absolute atomic E-state index is 0.246. The largest absolute Gasteiger partial charge is 0.497 e. The van der Waals surface area contributed by atoms with E-state index < -0.39 is 12.0 Å². The van der Waals surface area contributed by atoms with Gasteiger partial charge in [-0.1, -0.05) is 12.1 Å². The summed E-state index contributed by atoms with van der Waals surface area (Å²) in [5, 5.41) is 6.59. The number of nitrogens with one attached hydrogen (secondary N) is 2. The molecule has 1 aliphatic heterocycles. The van der Waals surface area contributed by atoms with E-state index in [0.717, 1.165) is 11.3 Å². The van der Waals surface area contributed by atoms with Crippen LogP contribution in [0.5, 0.6) is 5.75 Å². The van der Waals surface area contributed by atoms with Crippen molar-refractivity contribution in [2.24, 2.45) is 0 Å². The predicted molar refractivity (Wildman–Crippen MR) is 123 cm³/mol. The Labute approximate surface area is 187 Å². The third-order valence-electron chi connectivity index (χ3n) is 5.08. The molecule has 2 N–H and O–H groups in total. The minimum atomic E-state index is -0.486. The van der Waals surface area contributed by atoms with E-state index in [4.69, 9.17) is 21.7 Å². The van der Waals surface area contributed by atoms with Crippen molar-refractivity contribution >= 4 is 34.9 Å². The molecule has 162 valence electrons. The SMILES string of the molecule is CCOC(=O)C1=C(C)N(C)C(=S)NC1c1cccc(NC(=O)c2ccc(OC)cc2)c1. The van der Waals surface area contributed by atoms with Gasteiger partial charge in [0.15, 0.2) is 5.11 Å². The first-order valence-electron chi connectivity index (χ1n) is 9.83. The smallest absolute Gasteiger partial charge is 0.338 e. The Bertz CT molecular complexity index is 1030. The molecule has 0 radical (unpaired) electrons. The van der Waals surface area contributed by atoms with Crippen molar-refractivity contribution in [3.63, 3.8) is 0 Å². The fourth-order valence-electron chi connectivity index (χ4n) is 3.30. The van der Waals surface area contributed by atoms with E-state index >= 15 is 0 Å². The maximum Gasteiger partial charge on any atom is 0.338 e. The summed E-state index contributed by atoms with van der Waals surface area (Å²) < 4.78 is 10.4. The lowest BCUT2D eigenvalue weighted by Crippen LogP contribution is -2.46. The van der Waals surface area contributed by atoms with E-state index in [-0.39, 0.29) is 12.5 Å². The van der Waals surface area contributed by atoms with Gasteiger partial charge >= 0.3 is 5.97 Å². The van der Waals surface area contributed by atoms with Crippen LogP contribution in [0.25, 0.3) is 0 Å². The van der Waals surface area contributed by atoms with Gasteiger partial charge in [0.2, 0.25) is 0 Å². The molecule has 0 saturated heterocycles. The van der Waals surface area contributed by atoms with Crippen molar-refractivity contribution in [3.8, 4) is 5.75 Å². The number of anilines is 1. The average molecular weight is 440 g/mol. The second-order valence-electron chi connectivity index (χ2n) is 6.97. The number of methoxy groups -OCH3 is 1. The van der Waals surface area contributed by atoms with Crippen LogP contribution in [0, 0.1) is 0 Å². The van der Waals surface area contributed by atoms with Gasteiger partial charge in [-0.15, -0.1) is 0 Å². The second-order valence-corrected chi connectivity index (χ2v) is 7.36. The summed E-state index contributed by atoms with van der Waals surface area (Å²) in [5.41, 5.74) is 3.10. The van der Waals surface area contributed by atoms with Crippen LogP contribution in [-0.4, -0.2) is 42.7 Å². The number of thiocarbonyl (C=S) groups is 1. The molecule has 2 aromatic carbocycles. The van der Waals surface area contributed by atoms with E-state index in [1.165, 1.54) is 0 Å². The number of ether oxygens (including phenoxy) is 2. The Hall–Kier alpha value is -3.39. The Morgan fingerprint density at radius 1 is 1.19 bits per heavy atom. The van der Waals surface area contributed by atoms with Gasteiger partial charge in [-0.05, 0) is 68.0 Å². The minimum Gasteiger partial charge on any atom is -0.497 e. The van der Waals surface area contributed by atoms with Gasteiger partial charge in [0.05, 0.1) is 25.3 Å². The Kier molecular flexibility index (Phi) is 6.91. The Morgan fingerprint density at radius 2 is 1.90 bits per heavy atom. The average Bonchev–Trinajstić information content (AvgIpc) is 2.77. The van der Waals surface area contributed by atoms with E-state index in [9.17, 15) is 9.59 Å².